The van der Waals surface area contributed by atoms with Crippen LogP contribution in [0.25, 0.3) is 33.2 Å². The Morgan fingerprint density at radius 1 is 0.848 bits per heavy atom. The second-order valence-corrected chi connectivity index (χ2v) is 9.12. The number of fused-ring (bicyclic) bond motifs is 5. The van der Waals surface area contributed by atoms with Crippen LogP contribution in [0.15, 0.2) is 72.9 Å². The molecule has 1 aliphatic rings. The molecule has 2 N–H and O–H groups in total. The van der Waals surface area contributed by atoms with Gasteiger partial charge in [0.25, 0.3) is 0 Å². The fraction of sp³-hybridized carbons (Fsp3) is 0.276. The standard InChI is InChI=1S/C24H18N.C5H12O2.Ir/c1-24(2)22-17-9-4-3-8-16(17)13-14-19(22)18-10-7-11-20(23(18)24)21-12-5-6-15-25-21;1-4(6)3-5(2)7;/h3-10,12-15H,1-2H3;4-7H,3H2,1-2H3;/q-1;;. The van der Waals surface area contributed by atoms with Crippen LogP contribution in [-0.4, -0.2) is 27.4 Å². The maximum atomic E-state index is 8.56. The number of hydrogen-bond acceptors (Lipinski definition) is 3. The number of nitrogens with zero attached hydrogens (tertiary/aromatic N) is 1. The molecule has 2 atom stereocenters. The third kappa shape index (κ3) is 4.95. The quantitative estimate of drug-likeness (QED) is 0.272. The molecule has 0 aliphatic heterocycles. The first kappa shape index (κ1) is 25.3. The van der Waals surface area contributed by atoms with E-state index < -0.39 is 0 Å². The minimum absolute atomic E-state index is 0. The second kappa shape index (κ2) is 10.3. The average molecular weight is 617 g/mol. The van der Waals surface area contributed by atoms with Crippen molar-refractivity contribution in [2.45, 2.75) is 51.7 Å². The summed E-state index contributed by atoms with van der Waals surface area (Å²) in [6.07, 6.45) is 1.58. The van der Waals surface area contributed by atoms with Gasteiger partial charge in [-0.2, -0.15) is 0 Å². The summed E-state index contributed by atoms with van der Waals surface area (Å²) in [5.74, 6) is 0. The predicted molar refractivity (Wildman–Crippen MR) is 132 cm³/mol. The Balaban J connectivity index is 0.000000337. The maximum Gasteiger partial charge on any atom is 0.0536 e. The Bertz CT molecular complexity index is 1230. The Labute approximate surface area is 209 Å². The number of rotatable bonds is 3. The van der Waals surface area contributed by atoms with Gasteiger partial charge in [0.2, 0.25) is 0 Å². The molecule has 2 unspecified atom stereocenters. The van der Waals surface area contributed by atoms with Gasteiger partial charge in [0.05, 0.1) is 12.2 Å². The van der Waals surface area contributed by atoms with E-state index in [1.165, 1.54) is 33.0 Å². The van der Waals surface area contributed by atoms with E-state index in [2.05, 4.69) is 73.4 Å². The molecule has 3 nitrogen and oxygen atoms in total. The fourth-order valence-electron chi connectivity index (χ4n) is 4.87. The molecule has 1 radical (unpaired) electrons. The summed E-state index contributed by atoms with van der Waals surface area (Å²) >= 11 is 0. The number of pyridine rings is 1. The number of hydrogen-bond donors (Lipinski definition) is 2. The number of aliphatic hydroxyl groups excluding tert-OH is 2. The second-order valence-electron chi connectivity index (χ2n) is 9.12. The van der Waals surface area contributed by atoms with Crippen molar-refractivity contribution >= 4 is 10.8 Å². The van der Waals surface area contributed by atoms with Gasteiger partial charge in [-0.1, -0.05) is 67.9 Å². The van der Waals surface area contributed by atoms with Crippen molar-refractivity contribution < 1.29 is 30.3 Å². The van der Waals surface area contributed by atoms with Crippen molar-refractivity contribution in [2.75, 3.05) is 0 Å². The zero-order valence-corrected chi connectivity index (χ0v) is 21.9. The molecule has 33 heavy (non-hydrogen) atoms. The van der Waals surface area contributed by atoms with Crippen LogP contribution in [0.3, 0.4) is 0 Å². The Hall–Kier alpha value is -2.36. The van der Waals surface area contributed by atoms with Crippen LogP contribution >= 0.6 is 0 Å². The van der Waals surface area contributed by atoms with Gasteiger partial charge in [-0.15, -0.1) is 29.3 Å². The van der Waals surface area contributed by atoms with Crippen LogP contribution in [0.2, 0.25) is 0 Å². The first-order valence-corrected chi connectivity index (χ1v) is 11.2. The van der Waals surface area contributed by atoms with Crippen LogP contribution in [0.5, 0.6) is 0 Å². The van der Waals surface area contributed by atoms with E-state index in [1.54, 1.807) is 13.8 Å². The Morgan fingerprint density at radius 3 is 2.15 bits per heavy atom. The molecular formula is C29H30IrNO2-. The molecule has 4 aromatic rings. The zero-order chi connectivity index (χ0) is 22.9. The molecule has 1 heterocycles. The summed E-state index contributed by atoms with van der Waals surface area (Å²) in [6.45, 7) is 7.97. The summed E-state index contributed by atoms with van der Waals surface area (Å²) < 4.78 is 0. The summed E-state index contributed by atoms with van der Waals surface area (Å²) in [6, 6.07) is 26.9. The first-order chi connectivity index (χ1) is 15.3. The maximum absolute atomic E-state index is 8.56. The van der Waals surface area contributed by atoms with Gasteiger partial charge in [-0.25, -0.2) is 0 Å². The van der Waals surface area contributed by atoms with Gasteiger partial charge in [0.15, 0.2) is 0 Å². The largest absolute Gasteiger partial charge is 0.393 e. The van der Waals surface area contributed by atoms with E-state index in [9.17, 15) is 0 Å². The van der Waals surface area contributed by atoms with Crippen LogP contribution in [0, 0.1) is 6.07 Å². The molecule has 1 aliphatic carbocycles. The smallest absolute Gasteiger partial charge is 0.0536 e. The molecule has 173 valence electrons. The summed E-state index contributed by atoms with van der Waals surface area (Å²) in [7, 11) is 0. The van der Waals surface area contributed by atoms with E-state index >= 15 is 0 Å². The predicted octanol–water partition coefficient (Wildman–Crippen LogP) is 6.14. The SMILES string of the molecule is CC(O)CC(C)O.CC1(C)c2c(-c3ccccn3)[c-]ccc2-c2ccc3ccccc3c21.[Ir]. The number of aliphatic hydroxyl groups is 2. The van der Waals surface area contributed by atoms with Crippen LogP contribution in [0.1, 0.15) is 45.2 Å². The molecule has 0 amide bonds. The normalized spacial score (nSPS) is 14.8. The molecule has 0 saturated heterocycles. The van der Waals surface area contributed by atoms with Crippen molar-refractivity contribution in [1.82, 2.24) is 4.98 Å². The summed E-state index contributed by atoms with van der Waals surface area (Å²) in [4.78, 5) is 4.59. The third-order valence-electron chi connectivity index (χ3n) is 6.07. The first-order valence-electron chi connectivity index (χ1n) is 11.2. The van der Waals surface area contributed by atoms with Gasteiger partial charge in [0, 0.05) is 26.3 Å². The minimum atomic E-state index is -0.375. The third-order valence-corrected chi connectivity index (χ3v) is 6.07. The van der Waals surface area contributed by atoms with Crippen molar-refractivity contribution in [3.63, 3.8) is 0 Å². The van der Waals surface area contributed by atoms with Gasteiger partial charge < -0.3 is 15.2 Å². The van der Waals surface area contributed by atoms with Crippen LogP contribution in [-0.2, 0) is 25.5 Å². The molecular weight excluding hydrogens is 587 g/mol. The molecule has 0 bridgehead atoms. The van der Waals surface area contributed by atoms with E-state index in [4.69, 9.17) is 10.2 Å². The molecule has 1 aromatic heterocycles. The van der Waals surface area contributed by atoms with E-state index in [-0.39, 0.29) is 37.7 Å². The van der Waals surface area contributed by atoms with Crippen molar-refractivity contribution in [1.29, 1.82) is 0 Å². The van der Waals surface area contributed by atoms with Gasteiger partial charge in [-0.3, -0.25) is 0 Å². The van der Waals surface area contributed by atoms with Crippen molar-refractivity contribution in [2.24, 2.45) is 0 Å². The molecule has 5 rings (SSSR count). The Morgan fingerprint density at radius 2 is 1.52 bits per heavy atom. The van der Waals surface area contributed by atoms with Crippen molar-refractivity contribution in [3.8, 4) is 22.4 Å². The number of aromatic nitrogens is 1. The van der Waals surface area contributed by atoms with E-state index in [0.29, 0.717) is 6.42 Å². The summed E-state index contributed by atoms with van der Waals surface area (Å²) in [5, 5.41) is 19.8. The summed E-state index contributed by atoms with van der Waals surface area (Å²) in [5.41, 5.74) is 7.41. The van der Waals surface area contributed by atoms with Gasteiger partial charge in [-0.05, 0) is 59.3 Å². The fourth-order valence-corrected chi connectivity index (χ4v) is 4.87. The van der Waals surface area contributed by atoms with Crippen LogP contribution < -0.4 is 0 Å². The monoisotopic (exact) mass is 617 g/mol. The zero-order valence-electron chi connectivity index (χ0n) is 19.5. The topological polar surface area (TPSA) is 53.4 Å². The molecule has 4 heteroatoms. The molecule has 3 aromatic carbocycles. The minimum Gasteiger partial charge on any atom is -0.393 e. The van der Waals surface area contributed by atoms with E-state index in [1.807, 2.05) is 24.4 Å². The van der Waals surface area contributed by atoms with Crippen LogP contribution in [0.4, 0.5) is 0 Å². The Kier molecular flexibility index (Phi) is 7.87. The van der Waals surface area contributed by atoms with Gasteiger partial charge >= 0.3 is 0 Å². The number of benzene rings is 3. The molecule has 0 saturated carbocycles. The van der Waals surface area contributed by atoms with Gasteiger partial charge in [0.1, 0.15) is 0 Å². The average Bonchev–Trinajstić information content (AvgIpc) is 3.01. The molecule has 0 spiro atoms. The molecule has 0 fully saturated rings. The van der Waals surface area contributed by atoms with E-state index in [0.717, 1.165) is 11.3 Å². The van der Waals surface area contributed by atoms with Crippen molar-refractivity contribution in [3.05, 3.63) is 90.1 Å².